The molecule has 1 unspecified atom stereocenters. The van der Waals surface area contributed by atoms with Gasteiger partial charge in [0.15, 0.2) is 6.10 Å². The van der Waals surface area contributed by atoms with Crippen LogP contribution < -0.4 is 10.6 Å². The number of rotatable bonds is 7. The summed E-state index contributed by atoms with van der Waals surface area (Å²) >= 11 is 0. The third-order valence-electron chi connectivity index (χ3n) is 8.18. The van der Waals surface area contributed by atoms with E-state index in [0.717, 1.165) is 0 Å². The predicted octanol–water partition coefficient (Wildman–Crippen LogP) is 3.18. The van der Waals surface area contributed by atoms with E-state index in [0.29, 0.717) is 38.5 Å². The molecule has 0 aromatic heterocycles. The van der Waals surface area contributed by atoms with Gasteiger partial charge in [-0.15, -0.1) is 0 Å². The van der Waals surface area contributed by atoms with E-state index in [4.69, 9.17) is 9.84 Å². The number of carboxylic acid groups (broad SMARTS) is 1. The second-order valence-corrected chi connectivity index (χ2v) is 10.1. The van der Waals surface area contributed by atoms with Crippen molar-refractivity contribution in [3.8, 4) is 11.1 Å². The maximum absolute atomic E-state index is 12.8. The first-order valence-electron chi connectivity index (χ1n) is 12.1. The molecule has 3 fully saturated rings. The maximum atomic E-state index is 12.8. The normalized spacial score (nSPS) is 25.3. The first-order valence-corrected chi connectivity index (χ1v) is 12.1. The van der Waals surface area contributed by atoms with Crippen LogP contribution in [0.1, 0.15) is 55.6 Å². The van der Waals surface area contributed by atoms with Crippen LogP contribution in [0.3, 0.4) is 0 Å². The lowest BCUT2D eigenvalue weighted by Crippen LogP contribution is -2.60. The van der Waals surface area contributed by atoms with Gasteiger partial charge in [0.05, 0.1) is 6.54 Å². The lowest BCUT2D eigenvalue weighted by Gasteiger charge is -2.52. The summed E-state index contributed by atoms with van der Waals surface area (Å²) in [5, 5.41) is 23.9. The number of hydrogen-bond donors (Lipinski definition) is 4. The number of carboxylic acids is 1. The van der Waals surface area contributed by atoms with Crippen LogP contribution in [0.5, 0.6) is 0 Å². The first-order chi connectivity index (χ1) is 16.8. The fourth-order valence-electron chi connectivity index (χ4n) is 6.03. The summed E-state index contributed by atoms with van der Waals surface area (Å²) in [6.45, 7) is -0.0484. The van der Waals surface area contributed by atoms with Crippen molar-refractivity contribution >= 4 is 18.0 Å². The molecule has 2 amide bonds. The minimum atomic E-state index is -1.61. The predicted molar refractivity (Wildman–Crippen MR) is 128 cm³/mol. The number of nitrogens with one attached hydrogen (secondary N) is 2. The van der Waals surface area contributed by atoms with Gasteiger partial charge < -0.3 is 25.6 Å². The minimum absolute atomic E-state index is 0.000797. The average molecular weight is 479 g/mol. The van der Waals surface area contributed by atoms with Gasteiger partial charge in [-0.05, 0) is 60.8 Å². The molecule has 0 saturated heterocycles. The Balaban J connectivity index is 1.17. The van der Waals surface area contributed by atoms with Crippen LogP contribution in [0.4, 0.5) is 4.79 Å². The molecule has 184 valence electrons. The topological polar surface area (TPSA) is 125 Å². The van der Waals surface area contributed by atoms with Gasteiger partial charge in [-0.2, -0.15) is 0 Å². The van der Waals surface area contributed by atoms with Gasteiger partial charge in [0.2, 0.25) is 5.91 Å². The lowest BCUT2D eigenvalue weighted by molar-refractivity contribution is -0.147. The number of alkyl carbamates (subject to hydrolysis) is 1. The summed E-state index contributed by atoms with van der Waals surface area (Å²) in [6.07, 6.45) is 1.74. The molecule has 0 spiro atoms. The van der Waals surface area contributed by atoms with E-state index >= 15 is 0 Å². The van der Waals surface area contributed by atoms with Crippen molar-refractivity contribution in [1.82, 2.24) is 10.6 Å². The summed E-state index contributed by atoms with van der Waals surface area (Å²) in [4.78, 5) is 36.4. The zero-order valence-corrected chi connectivity index (χ0v) is 19.5. The quantitative estimate of drug-likeness (QED) is 0.484. The largest absolute Gasteiger partial charge is 0.479 e. The number of fused-ring (bicyclic) bond motifs is 6. The number of ether oxygens (including phenoxy) is 1. The summed E-state index contributed by atoms with van der Waals surface area (Å²) < 4.78 is 5.73. The molecule has 4 aliphatic rings. The highest BCUT2D eigenvalue weighted by atomic mass is 16.5. The molecule has 2 aromatic carbocycles. The van der Waals surface area contributed by atoms with Gasteiger partial charge in [-0.1, -0.05) is 48.5 Å². The summed E-state index contributed by atoms with van der Waals surface area (Å²) in [6, 6.07) is 16.4. The highest BCUT2D eigenvalue weighted by Gasteiger charge is 2.53. The number of carbonyl (C=O) groups excluding carboxylic acids is 2. The Hall–Kier alpha value is -3.39. The number of aliphatic carboxylic acids is 1. The number of aliphatic hydroxyl groups is 1. The van der Waals surface area contributed by atoms with Crippen molar-refractivity contribution in [3.05, 3.63) is 59.7 Å². The Bertz CT molecular complexity index is 1090. The van der Waals surface area contributed by atoms with Crippen LogP contribution in [-0.2, 0) is 14.3 Å². The van der Waals surface area contributed by atoms with Crippen molar-refractivity contribution in [2.75, 3.05) is 13.2 Å². The van der Waals surface area contributed by atoms with Crippen molar-refractivity contribution in [3.63, 3.8) is 0 Å². The van der Waals surface area contributed by atoms with Crippen LogP contribution in [0, 0.1) is 5.41 Å². The van der Waals surface area contributed by atoms with E-state index in [2.05, 4.69) is 34.9 Å². The van der Waals surface area contributed by atoms with E-state index < -0.39 is 23.6 Å². The molecule has 3 saturated carbocycles. The molecule has 4 aliphatic carbocycles. The highest BCUT2D eigenvalue weighted by molar-refractivity contribution is 5.84. The molecule has 2 bridgehead atoms. The van der Waals surface area contributed by atoms with Crippen LogP contribution >= 0.6 is 0 Å². The van der Waals surface area contributed by atoms with E-state index in [1.165, 1.54) is 22.3 Å². The van der Waals surface area contributed by atoms with Gasteiger partial charge in [-0.3, -0.25) is 4.79 Å². The number of carbonyl (C=O) groups is 3. The van der Waals surface area contributed by atoms with Gasteiger partial charge in [0, 0.05) is 16.9 Å². The van der Waals surface area contributed by atoms with Crippen LogP contribution in [0.25, 0.3) is 11.1 Å². The van der Waals surface area contributed by atoms with Gasteiger partial charge in [-0.25, -0.2) is 9.59 Å². The zero-order chi connectivity index (χ0) is 24.6. The molecule has 35 heavy (non-hydrogen) atoms. The Kier molecular flexibility index (Phi) is 6.01. The Morgan fingerprint density at radius 3 is 2.00 bits per heavy atom. The molecule has 0 radical (unpaired) electrons. The molecule has 2 aromatic rings. The fraction of sp³-hybridized carbons (Fsp3) is 0.444. The Morgan fingerprint density at radius 1 is 0.914 bits per heavy atom. The third kappa shape index (κ3) is 4.27. The second kappa shape index (κ2) is 9.00. The van der Waals surface area contributed by atoms with Crippen LogP contribution in [0.15, 0.2) is 48.5 Å². The number of aliphatic hydroxyl groups excluding tert-OH is 1. The van der Waals surface area contributed by atoms with Crippen molar-refractivity contribution in [2.24, 2.45) is 5.41 Å². The van der Waals surface area contributed by atoms with Crippen molar-refractivity contribution < 1.29 is 29.3 Å². The van der Waals surface area contributed by atoms with E-state index in [1.54, 1.807) is 0 Å². The summed E-state index contributed by atoms with van der Waals surface area (Å²) in [7, 11) is 0. The SMILES string of the molecule is O=C(NC12CCC(C(=O)NCC(O)C(=O)O)(CC1)CC2)OCC1c2ccccc2-c2ccccc21. The Morgan fingerprint density at radius 2 is 1.46 bits per heavy atom. The third-order valence-corrected chi connectivity index (χ3v) is 8.18. The van der Waals surface area contributed by atoms with Crippen LogP contribution in [0.2, 0.25) is 0 Å². The molecule has 0 heterocycles. The van der Waals surface area contributed by atoms with Crippen molar-refractivity contribution in [2.45, 2.75) is 56.1 Å². The average Bonchev–Trinajstić information content (AvgIpc) is 3.20. The number of benzene rings is 2. The van der Waals surface area contributed by atoms with Gasteiger partial charge in [0.25, 0.3) is 0 Å². The highest BCUT2D eigenvalue weighted by Crippen LogP contribution is 2.52. The zero-order valence-electron chi connectivity index (χ0n) is 19.5. The molecule has 8 heteroatoms. The maximum Gasteiger partial charge on any atom is 0.407 e. The standard InChI is InChI=1S/C27H30N2O6/c30-22(23(31)32)15-28-24(33)26-9-12-27(13-10-26,14-11-26)29-25(34)35-16-21-19-7-3-1-5-17(19)18-6-2-4-8-20(18)21/h1-8,21-22,30H,9-16H2,(H,28,33)(H,29,34)(H,31,32). The number of hydrogen-bond acceptors (Lipinski definition) is 5. The molecule has 0 aliphatic heterocycles. The fourth-order valence-corrected chi connectivity index (χ4v) is 6.03. The Labute approximate surface area is 203 Å². The van der Waals surface area contributed by atoms with Crippen molar-refractivity contribution in [1.29, 1.82) is 0 Å². The number of amides is 2. The minimum Gasteiger partial charge on any atom is -0.479 e. The molecular formula is C27H30N2O6. The lowest BCUT2D eigenvalue weighted by atomic mass is 9.57. The smallest absolute Gasteiger partial charge is 0.407 e. The molecular weight excluding hydrogens is 448 g/mol. The molecule has 6 rings (SSSR count). The van der Waals surface area contributed by atoms with E-state index in [1.807, 2.05) is 24.3 Å². The monoisotopic (exact) mass is 478 g/mol. The molecule has 1 atom stereocenters. The van der Waals surface area contributed by atoms with Gasteiger partial charge in [0.1, 0.15) is 6.61 Å². The summed E-state index contributed by atoms with van der Waals surface area (Å²) in [5.74, 6) is -1.57. The van der Waals surface area contributed by atoms with E-state index in [-0.39, 0.29) is 30.5 Å². The molecule has 8 nitrogen and oxygen atoms in total. The van der Waals surface area contributed by atoms with E-state index in [9.17, 15) is 19.5 Å². The molecule has 4 N–H and O–H groups in total. The second-order valence-electron chi connectivity index (χ2n) is 10.1. The first kappa shape index (κ1) is 23.4. The van der Waals surface area contributed by atoms with Gasteiger partial charge >= 0.3 is 12.1 Å². The van der Waals surface area contributed by atoms with Crippen LogP contribution in [-0.4, -0.2) is 53.0 Å². The summed E-state index contributed by atoms with van der Waals surface area (Å²) in [5.41, 5.74) is 3.74.